The summed E-state index contributed by atoms with van der Waals surface area (Å²) in [7, 11) is 0. The quantitative estimate of drug-likeness (QED) is 0.830. The fraction of sp³-hybridized carbons (Fsp3) is 0.615. The number of aliphatic hydroxyl groups is 1. The molecule has 0 radical (unpaired) electrons. The molecule has 1 saturated carbocycles. The zero-order chi connectivity index (χ0) is 13.8. The second-order valence-corrected chi connectivity index (χ2v) is 4.96. The molecule has 0 saturated heterocycles. The summed E-state index contributed by atoms with van der Waals surface area (Å²) >= 11 is 0. The summed E-state index contributed by atoms with van der Waals surface area (Å²) in [4.78, 5) is 3.22. The van der Waals surface area contributed by atoms with E-state index in [1.807, 2.05) is 0 Å². The molecule has 1 aromatic heterocycles. The predicted molar refractivity (Wildman–Crippen MR) is 65.1 cm³/mol. The van der Waals surface area contributed by atoms with Crippen LogP contribution in [-0.2, 0) is 0 Å². The van der Waals surface area contributed by atoms with Crippen LogP contribution in [0.5, 0.6) is 0 Å². The van der Waals surface area contributed by atoms with Crippen molar-refractivity contribution in [3.63, 3.8) is 0 Å². The molecule has 19 heavy (non-hydrogen) atoms. The number of aliphatic hydroxyl groups excluding tert-OH is 1. The monoisotopic (exact) mass is 274 g/mol. The Hall–Kier alpha value is -1.30. The van der Waals surface area contributed by atoms with Gasteiger partial charge in [0.15, 0.2) is 17.5 Å². The van der Waals surface area contributed by atoms with Gasteiger partial charge < -0.3 is 10.4 Å². The highest BCUT2D eigenvalue weighted by Crippen LogP contribution is 2.30. The van der Waals surface area contributed by atoms with Gasteiger partial charge in [-0.05, 0) is 24.7 Å². The number of hydrogen-bond donors (Lipinski definition) is 2. The molecule has 1 fully saturated rings. The van der Waals surface area contributed by atoms with Gasteiger partial charge in [0, 0.05) is 19.2 Å². The maximum atomic E-state index is 13.4. The number of rotatable bonds is 4. The van der Waals surface area contributed by atoms with Crippen LogP contribution in [0.25, 0.3) is 0 Å². The highest BCUT2D eigenvalue weighted by molar-refractivity contribution is 5.36. The van der Waals surface area contributed by atoms with Crippen LogP contribution in [0.3, 0.4) is 0 Å². The lowest BCUT2D eigenvalue weighted by Crippen LogP contribution is -2.29. The molecule has 1 aromatic rings. The first kappa shape index (κ1) is 14.1. The van der Waals surface area contributed by atoms with Gasteiger partial charge in [0.1, 0.15) is 0 Å². The number of hydrogen-bond acceptors (Lipinski definition) is 3. The van der Waals surface area contributed by atoms with Crippen LogP contribution in [0.1, 0.15) is 25.7 Å². The van der Waals surface area contributed by atoms with E-state index in [9.17, 15) is 18.3 Å². The lowest BCUT2D eigenvalue weighted by Gasteiger charge is -2.30. The Balaban J connectivity index is 1.99. The molecule has 3 nitrogen and oxygen atoms in total. The normalized spacial score (nSPS) is 23.4. The van der Waals surface area contributed by atoms with Crippen molar-refractivity contribution in [3.05, 3.63) is 23.6 Å². The van der Waals surface area contributed by atoms with Crippen LogP contribution in [0.2, 0.25) is 0 Å². The second-order valence-electron chi connectivity index (χ2n) is 4.96. The zero-order valence-corrected chi connectivity index (χ0v) is 10.5. The summed E-state index contributed by atoms with van der Waals surface area (Å²) in [5.74, 6) is -3.42. The van der Waals surface area contributed by atoms with E-state index in [2.05, 4.69) is 10.3 Å². The first-order chi connectivity index (χ1) is 9.11. The molecular formula is C13H17F3N2O. The number of nitrogens with zero attached hydrogens (tertiary/aromatic N) is 1. The molecule has 0 bridgehead atoms. The largest absolute Gasteiger partial charge is 0.396 e. The summed E-state index contributed by atoms with van der Waals surface area (Å²) in [5, 5.41) is 12.0. The molecule has 2 rings (SSSR count). The summed E-state index contributed by atoms with van der Waals surface area (Å²) < 4.78 is 39.1. The van der Waals surface area contributed by atoms with Crippen LogP contribution >= 0.6 is 0 Å². The SMILES string of the molecule is OCC1CCCCC1CNc1nc(F)c(F)cc1F. The lowest BCUT2D eigenvalue weighted by atomic mass is 9.79. The van der Waals surface area contributed by atoms with Gasteiger partial charge in [-0.25, -0.2) is 8.78 Å². The third-order valence-electron chi connectivity index (χ3n) is 3.72. The highest BCUT2D eigenvalue weighted by atomic mass is 19.2. The Labute approximate surface area is 109 Å². The first-order valence-electron chi connectivity index (χ1n) is 6.48. The van der Waals surface area contributed by atoms with E-state index in [0.717, 1.165) is 25.7 Å². The molecule has 2 N–H and O–H groups in total. The molecule has 2 atom stereocenters. The van der Waals surface area contributed by atoms with Crippen molar-refractivity contribution in [1.82, 2.24) is 4.98 Å². The summed E-state index contributed by atoms with van der Waals surface area (Å²) in [6.45, 7) is 0.500. The second kappa shape index (κ2) is 6.23. The lowest BCUT2D eigenvalue weighted by molar-refractivity contribution is 0.141. The summed E-state index contributed by atoms with van der Waals surface area (Å²) in [6, 6.07) is 0.481. The van der Waals surface area contributed by atoms with E-state index in [0.29, 0.717) is 12.6 Å². The van der Waals surface area contributed by atoms with E-state index in [1.54, 1.807) is 0 Å². The Morgan fingerprint density at radius 3 is 2.53 bits per heavy atom. The minimum atomic E-state index is -1.31. The Morgan fingerprint density at radius 1 is 1.16 bits per heavy atom. The standard InChI is InChI=1S/C13H17F3N2O/c14-10-5-11(15)13(18-12(10)16)17-6-8-3-1-2-4-9(8)7-19/h5,8-9,19H,1-4,6-7H2,(H,17,18). The van der Waals surface area contributed by atoms with Crippen LogP contribution in [0, 0.1) is 29.4 Å². The molecule has 0 amide bonds. The minimum absolute atomic E-state index is 0.0973. The van der Waals surface area contributed by atoms with Gasteiger partial charge in [0.05, 0.1) is 0 Å². The molecule has 0 spiro atoms. The van der Waals surface area contributed by atoms with Crippen molar-refractivity contribution in [2.75, 3.05) is 18.5 Å². The average molecular weight is 274 g/mol. The maximum Gasteiger partial charge on any atom is 0.251 e. The van der Waals surface area contributed by atoms with Gasteiger partial charge in [-0.1, -0.05) is 12.8 Å². The molecule has 1 aliphatic rings. The van der Waals surface area contributed by atoms with Gasteiger partial charge in [-0.15, -0.1) is 0 Å². The number of anilines is 1. The van der Waals surface area contributed by atoms with Crippen LogP contribution < -0.4 is 5.32 Å². The van der Waals surface area contributed by atoms with Gasteiger partial charge in [-0.3, -0.25) is 0 Å². The van der Waals surface area contributed by atoms with E-state index in [4.69, 9.17) is 0 Å². The number of nitrogens with one attached hydrogen (secondary N) is 1. The van der Waals surface area contributed by atoms with Crippen molar-refractivity contribution in [1.29, 1.82) is 0 Å². The smallest absolute Gasteiger partial charge is 0.251 e. The Morgan fingerprint density at radius 2 is 1.84 bits per heavy atom. The fourth-order valence-corrected chi connectivity index (χ4v) is 2.59. The van der Waals surface area contributed by atoms with Crippen LogP contribution in [0.15, 0.2) is 6.07 Å². The zero-order valence-electron chi connectivity index (χ0n) is 10.5. The molecule has 2 unspecified atom stereocenters. The molecule has 106 valence electrons. The Kier molecular flexibility index (Phi) is 4.63. The first-order valence-corrected chi connectivity index (χ1v) is 6.48. The third-order valence-corrected chi connectivity index (χ3v) is 3.72. The molecule has 6 heteroatoms. The van der Waals surface area contributed by atoms with Crippen molar-refractivity contribution in [2.24, 2.45) is 11.8 Å². The highest BCUT2D eigenvalue weighted by Gasteiger charge is 2.24. The maximum absolute atomic E-state index is 13.4. The van der Waals surface area contributed by atoms with E-state index in [-0.39, 0.29) is 24.3 Å². The molecular weight excluding hydrogens is 257 g/mol. The molecule has 0 aliphatic heterocycles. The fourth-order valence-electron chi connectivity index (χ4n) is 2.59. The van der Waals surface area contributed by atoms with Crippen molar-refractivity contribution >= 4 is 5.82 Å². The van der Waals surface area contributed by atoms with Gasteiger partial charge in [0.25, 0.3) is 5.95 Å². The van der Waals surface area contributed by atoms with Crippen molar-refractivity contribution in [2.45, 2.75) is 25.7 Å². The number of aromatic nitrogens is 1. The predicted octanol–water partition coefficient (Wildman–Crippen LogP) is 2.71. The van der Waals surface area contributed by atoms with Gasteiger partial charge in [-0.2, -0.15) is 9.37 Å². The molecule has 1 heterocycles. The minimum Gasteiger partial charge on any atom is -0.396 e. The van der Waals surface area contributed by atoms with Crippen LogP contribution in [-0.4, -0.2) is 23.2 Å². The van der Waals surface area contributed by atoms with Gasteiger partial charge in [0.2, 0.25) is 0 Å². The number of halogens is 3. The van der Waals surface area contributed by atoms with Crippen molar-refractivity contribution < 1.29 is 18.3 Å². The Bertz CT molecular complexity index is 442. The van der Waals surface area contributed by atoms with Gasteiger partial charge >= 0.3 is 0 Å². The summed E-state index contributed by atoms with van der Waals surface area (Å²) in [6.07, 6.45) is 4.02. The molecule has 1 aliphatic carbocycles. The molecule has 0 aromatic carbocycles. The number of pyridine rings is 1. The van der Waals surface area contributed by atoms with Crippen LogP contribution in [0.4, 0.5) is 19.0 Å². The topological polar surface area (TPSA) is 45.1 Å². The van der Waals surface area contributed by atoms with Crippen molar-refractivity contribution in [3.8, 4) is 0 Å². The average Bonchev–Trinajstić information content (AvgIpc) is 2.41. The van der Waals surface area contributed by atoms with E-state index < -0.39 is 17.6 Å². The third kappa shape index (κ3) is 3.37. The van der Waals surface area contributed by atoms with E-state index >= 15 is 0 Å². The van der Waals surface area contributed by atoms with E-state index in [1.165, 1.54) is 0 Å². The summed E-state index contributed by atoms with van der Waals surface area (Å²) in [5.41, 5.74) is 0.